The molecule has 3 fully saturated rings. The Kier molecular flexibility index (Phi) is 1.75. The van der Waals surface area contributed by atoms with E-state index in [-0.39, 0.29) is 0 Å². The first-order valence-corrected chi connectivity index (χ1v) is 5.91. The number of fused-ring (bicyclic) bond motifs is 1. The summed E-state index contributed by atoms with van der Waals surface area (Å²) in [5, 5.41) is 0. The molecule has 1 nitrogen and oxygen atoms in total. The van der Waals surface area contributed by atoms with Crippen LogP contribution in [0.5, 0.6) is 0 Å². The van der Waals surface area contributed by atoms with Crippen molar-refractivity contribution in [3.8, 4) is 0 Å². The van der Waals surface area contributed by atoms with Crippen molar-refractivity contribution in [2.45, 2.75) is 44.9 Å². The van der Waals surface area contributed by atoms with E-state index in [0.29, 0.717) is 17.6 Å². The largest absolute Gasteiger partial charge is 0.299 e. The Labute approximate surface area is 79.9 Å². The van der Waals surface area contributed by atoms with Crippen LogP contribution in [-0.2, 0) is 4.79 Å². The molecule has 0 spiro atoms. The summed E-state index contributed by atoms with van der Waals surface area (Å²) in [6, 6.07) is 0. The normalized spacial score (nSPS) is 43.5. The molecule has 0 aromatic carbocycles. The van der Waals surface area contributed by atoms with E-state index in [1.807, 2.05) is 0 Å². The number of hydrogen-bond acceptors (Lipinski definition) is 1. The van der Waals surface area contributed by atoms with Crippen LogP contribution in [0.3, 0.4) is 0 Å². The molecule has 0 saturated heterocycles. The van der Waals surface area contributed by atoms with E-state index in [2.05, 4.69) is 0 Å². The van der Waals surface area contributed by atoms with Gasteiger partial charge in [-0.3, -0.25) is 4.79 Å². The molecule has 2 atom stereocenters. The summed E-state index contributed by atoms with van der Waals surface area (Å²) in [6.45, 7) is 0. The summed E-state index contributed by atoms with van der Waals surface area (Å²) in [6.07, 6.45) is 9.12. The zero-order valence-corrected chi connectivity index (χ0v) is 8.17. The van der Waals surface area contributed by atoms with Crippen LogP contribution >= 0.6 is 0 Å². The van der Waals surface area contributed by atoms with Gasteiger partial charge in [-0.2, -0.15) is 0 Å². The van der Waals surface area contributed by atoms with Crippen LogP contribution in [0.4, 0.5) is 0 Å². The quantitative estimate of drug-likeness (QED) is 0.635. The van der Waals surface area contributed by atoms with E-state index in [0.717, 1.165) is 11.8 Å². The second-order valence-electron chi connectivity index (χ2n) is 5.17. The summed E-state index contributed by atoms with van der Waals surface area (Å²) in [4.78, 5) is 12.0. The van der Waals surface area contributed by atoms with E-state index in [1.54, 1.807) is 0 Å². The predicted octanol–water partition coefficient (Wildman–Crippen LogP) is 2.79. The smallest absolute Gasteiger partial charge is 0.139 e. The zero-order chi connectivity index (χ0) is 8.84. The Hall–Kier alpha value is -0.330. The van der Waals surface area contributed by atoms with Crippen molar-refractivity contribution in [1.82, 2.24) is 0 Å². The van der Waals surface area contributed by atoms with Crippen molar-refractivity contribution in [3.63, 3.8) is 0 Å². The molecular weight excluding hydrogens is 160 g/mol. The molecule has 3 aliphatic carbocycles. The Bertz CT molecular complexity index is 217. The van der Waals surface area contributed by atoms with Gasteiger partial charge in [0.05, 0.1) is 0 Å². The SMILES string of the molecule is O=C(C1CCCC1)C1C2CCCC21. The van der Waals surface area contributed by atoms with Crippen molar-refractivity contribution in [3.05, 3.63) is 0 Å². The van der Waals surface area contributed by atoms with Gasteiger partial charge in [0, 0.05) is 11.8 Å². The number of ketones is 1. The minimum absolute atomic E-state index is 0.482. The van der Waals surface area contributed by atoms with Gasteiger partial charge in [-0.25, -0.2) is 0 Å². The molecule has 0 radical (unpaired) electrons. The summed E-state index contributed by atoms with van der Waals surface area (Å²) in [5.74, 6) is 3.36. The van der Waals surface area contributed by atoms with Crippen LogP contribution in [0.25, 0.3) is 0 Å². The maximum atomic E-state index is 12.0. The van der Waals surface area contributed by atoms with E-state index in [1.165, 1.54) is 44.9 Å². The lowest BCUT2D eigenvalue weighted by Gasteiger charge is -2.08. The predicted molar refractivity (Wildman–Crippen MR) is 51.3 cm³/mol. The molecule has 3 aliphatic rings. The lowest BCUT2D eigenvalue weighted by molar-refractivity contribution is -0.124. The molecule has 3 rings (SSSR count). The van der Waals surface area contributed by atoms with Crippen LogP contribution in [0.2, 0.25) is 0 Å². The minimum atomic E-state index is 0.482. The number of rotatable bonds is 2. The molecule has 0 aromatic heterocycles. The molecule has 13 heavy (non-hydrogen) atoms. The fourth-order valence-electron chi connectivity index (χ4n) is 3.73. The second kappa shape index (κ2) is 2.83. The standard InChI is InChI=1S/C12H18O/c13-12(8-4-1-2-5-8)11-9-6-3-7-10(9)11/h8-11H,1-7H2. The number of carbonyl (C=O) groups is 1. The highest BCUT2D eigenvalue weighted by molar-refractivity contribution is 5.87. The van der Waals surface area contributed by atoms with Crippen LogP contribution in [0, 0.1) is 23.7 Å². The molecule has 3 saturated carbocycles. The van der Waals surface area contributed by atoms with E-state index in [9.17, 15) is 4.79 Å². The van der Waals surface area contributed by atoms with Gasteiger partial charge in [-0.1, -0.05) is 19.3 Å². The Morgan fingerprint density at radius 1 is 0.846 bits per heavy atom. The fraction of sp³-hybridized carbons (Fsp3) is 0.917. The molecule has 0 bridgehead atoms. The average molecular weight is 178 g/mol. The van der Waals surface area contributed by atoms with E-state index in [4.69, 9.17) is 0 Å². The van der Waals surface area contributed by atoms with Crippen molar-refractivity contribution >= 4 is 5.78 Å². The van der Waals surface area contributed by atoms with Crippen LogP contribution in [0.15, 0.2) is 0 Å². The lowest BCUT2D eigenvalue weighted by atomic mass is 9.95. The number of carbonyl (C=O) groups excluding carboxylic acids is 1. The van der Waals surface area contributed by atoms with Crippen molar-refractivity contribution in [1.29, 1.82) is 0 Å². The van der Waals surface area contributed by atoms with Gasteiger partial charge in [0.1, 0.15) is 5.78 Å². The van der Waals surface area contributed by atoms with Crippen molar-refractivity contribution in [2.24, 2.45) is 23.7 Å². The van der Waals surface area contributed by atoms with Gasteiger partial charge in [-0.15, -0.1) is 0 Å². The summed E-state index contributed by atoms with van der Waals surface area (Å²) < 4.78 is 0. The third kappa shape index (κ3) is 1.16. The molecule has 72 valence electrons. The van der Waals surface area contributed by atoms with E-state index >= 15 is 0 Å². The average Bonchev–Trinajstić information content (AvgIpc) is 2.68. The minimum Gasteiger partial charge on any atom is -0.299 e. The number of hydrogen-bond donors (Lipinski definition) is 0. The van der Waals surface area contributed by atoms with Gasteiger partial charge in [-0.05, 0) is 37.5 Å². The second-order valence-corrected chi connectivity index (χ2v) is 5.17. The summed E-state index contributed by atoms with van der Waals surface area (Å²) >= 11 is 0. The fourth-order valence-corrected chi connectivity index (χ4v) is 3.73. The highest BCUT2D eigenvalue weighted by Gasteiger charge is 2.57. The molecule has 0 aliphatic heterocycles. The maximum Gasteiger partial charge on any atom is 0.139 e. The summed E-state index contributed by atoms with van der Waals surface area (Å²) in [7, 11) is 0. The van der Waals surface area contributed by atoms with Crippen LogP contribution in [-0.4, -0.2) is 5.78 Å². The molecule has 0 N–H and O–H groups in total. The molecule has 0 amide bonds. The zero-order valence-electron chi connectivity index (χ0n) is 8.17. The van der Waals surface area contributed by atoms with Gasteiger partial charge in [0.2, 0.25) is 0 Å². The highest BCUT2D eigenvalue weighted by Crippen LogP contribution is 2.59. The van der Waals surface area contributed by atoms with Gasteiger partial charge in [0.15, 0.2) is 0 Å². The Balaban J connectivity index is 1.63. The molecule has 0 heterocycles. The third-order valence-electron chi connectivity index (χ3n) is 4.49. The first-order valence-electron chi connectivity index (χ1n) is 5.91. The first kappa shape index (κ1) is 8.02. The first-order chi connectivity index (χ1) is 6.38. The Morgan fingerprint density at radius 3 is 2.08 bits per heavy atom. The van der Waals surface area contributed by atoms with Crippen LogP contribution in [0.1, 0.15) is 44.9 Å². The summed E-state index contributed by atoms with van der Waals surface area (Å²) in [5.41, 5.74) is 0. The molecule has 0 aromatic rings. The topological polar surface area (TPSA) is 17.1 Å². The third-order valence-corrected chi connectivity index (χ3v) is 4.49. The Morgan fingerprint density at radius 2 is 1.46 bits per heavy atom. The lowest BCUT2D eigenvalue weighted by Crippen LogP contribution is -2.15. The number of Topliss-reactive ketones (excluding diaryl/α,β-unsaturated/α-hetero) is 1. The van der Waals surface area contributed by atoms with Gasteiger partial charge in [0.25, 0.3) is 0 Å². The monoisotopic (exact) mass is 178 g/mol. The molecule has 2 unspecified atom stereocenters. The van der Waals surface area contributed by atoms with Crippen LogP contribution < -0.4 is 0 Å². The molecular formula is C12H18O. The highest BCUT2D eigenvalue weighted by atomic mass is 16.1. The maximum absolute atomic E-state index is 12.0. The van der Waals surface area contributed by atoms with Crippen molar-refractivity contribution < 1.29 is 4.79 Å². The van der Waals surface area contributed by atoms with Gasteiger partial charge < -0.3 is 0 Å². The van der Waals surface area contributed by atoms with E-state index < -0.39 is 0 Å². The van der Waals surface area contributed by atoms with Crippen molar-refractivity contribution in [2.75, 3.05) is 0 Å². The van der Waals surface area contributed by atoms with Gasteiger partial charge >= 0.3 is 0 Å². The molecule has 1 heteroatoms.